The molecule has 4 nitrogen and oxygen atoms in total. The van der Waals surface area contributed by atoms with Crippen LogP contribution in [0.3, 0.4) is 0 Å². The molecule has 1 heterocycles. The van der Waals surface area contributed by atoms with Gasteiger partial charge in [0.05, 0.1) is 18.8 Å². The van der Waals surface area contributed by atoms with Crippen molar-refractivity contribution in [3.05, 3.63) is 53.5 Å². The average Bonchev–Trinajstić information content (AvgIpc) is 2.42. The zero-order valence-electron chi connectivity index (χ0n) is 10.2. The smallest absolute Gasteiger partial charge is 0.233 e. The highest BCUT2D eigenvalue weighted by atomic mass is 19.1. The van der Waals surface area contributed by atoms with Crippen LogP contribution in [-0.2, 0) is 0 Å². The van der Waals surface area contributed by atoms with Crippen LogP contribution in [0.2, 0.25) is 0 Å². The summed E-state index contributed by atoms with van der Waals surface area (Å²) in [6, 6.07) is 9.74. The standard InChI is InChI=1S/C13H14FN3O/c1-15-13(9-5-3-4-6-10(9)14)11-7-8-12(18-2)17-16-11/h3-8,13,15H,1-2H3. The van der Waals surface area contributed by atoms with E-state index < -0.39 is 0 Å². The maximum Gasteiger partial charge on any atom is 0.233 e. The van der Waals surface area contributed by atoms with E-state index in [2.05, 4.69) is 15.5 Å². The van der Waals surface area contributed by atoms with Crippen LogP contribution in [0.25, 0.3) is 0 Å². The van der Waals surface area contributed by atoms with Crippen molar-refractivity contribution in [3.63, 3.8) is 0 Å². The lowest BCUT2D eigenvalue weighted by Gasteiger charge is -2.16. The molecular weight excluding hydrogens is 233 g/mol. The quantitative estimate of drug-likeness (QED) is 0.896. The molecule has 0 aliphatic carbocycles. The Morgan fingerprint density at radius 2 is 1.94 bits per heavy atom. The molecule has 0 aliphatic rings. The molecule has 0 saturated carbocycles. The van der Waals surface area contributed by atoms with Crippen LogP contribution in [0.1, 0.15) is 17.3 Å². The van der Waals surface area contributed by atoms with Crippen LogP contribution in [0, 0.1) is 5.82 Å². The third-order valence-corrected chi connectivity index (χ3v) is 2.67. The predicted molar refractivity (Wildman–Crippen MR) is 65.9 cm³/mol. The number of rotatable bonds is 4. The maximum atomic E-state index is 13.7. The Hall–Kier alpha value is -2.01. The summed E-state index contributed by atoms with van der Waals surface area (Å²) < 4.78 is 18.7. The van der Waals surface area contributed by atoms with Crippen molar-refractivity contribution in [2.24, 2.45) is 0 Å². The van der Waals surface area contributed by atoms with Crippen LogP contribution in [0.15, 0.2) is 36.4 Å². The van der Waals surface area contributed by atoms with E-state index in [0.717, 1.165) is 0 Å². The fourth-order valence-corrected chi connectivity index (χ4v) is 1.77. The van der Waals surface area contributed by atoms with Gasteiger partial charge in [-0.1, -0.05) is 18.2 Å². The summed E-state index contributed by atoms with van der Waals surface area (Å²) >= 11 is 0. The Labute approximate surface area is 105 Å². The lowest BCUT2D eigenvalue weighted by Crippen LogP contribution is -2.20. The van der Waals surface area contributed by atoms with E-state index in [1.54, 1.807) is 37.4 Å². The van der Waals surface area contributed by atoms with Gasteiger partial charge in [-0.05, 0) is 19.2 Å². The average molecular weight is 247 g/mol. The first kappa shape index (κ1) is 12.4. The van der Waals surface area contributed by atoms with Gasteiger partial charge in [0.2, 0.25) is 5.88 Å². The second kappa shape index (κ2) is 5.55. The number of hydrogen-bond donors (Lipinski definition) is 1. The van der Waals surface area contributed by atoms with Crippen molar-refractivity contribution in [2.45, 2.75) is 6.04 Å². The molecule has 2 rings (SSSR count). The molecule has 1 aromatic carbocycles. The molecule has 2 aromatic rings. The zero-order valence-corrected chi connectivity index (χ0v) is 10.2. The van der Waals surface area contributed by atoms with Crippen LogP contribution in [-0.4, -0.2) is 24.4 Å². The Bertz CT molecular complexity index is 516. The van der Waals surface area contributed by atoms with E-state index in [0.29, 0.717) is 17.1 Å². The Morgan fingerprint density at radius 3 is 2.50 bits per heavy atom. The normalized spacial score (nSPS) is 12.2. The number of ether oxygens (including phenoxy) is 1. The van der Waals surface area contributed by atoms with E-state index in [1.165, 1.54) is 13.2 Å². The molecular formula is C13H14FN3O. The third kappa shape index (κ3) is 2.46. The number of methoxy groups -OCH3 is 1. The topological polar surface area (TPSA) is 47.0 Å². The van der Waals surface area contributed by atoms with Gasteiger partial charge in [-0.25, -0.2) is 4.39 Å². The van der Waals surface area contributed by atoms with E-state index in [4.69, 9.17) is 4.74 Å². The van der Waals surface area contributed by atoms with Gasteiger partial charge in [-0.2, -0.15) is 0 Å². The summed E-state index contributed by atoms with van der Waals surface area (Å²) in [5.74, 6) is 0.164. The zero-order chi connectivity index (χ0) is 13.0. The second-order valence-corrected chi connectivity index (χ2v) is 3.74. The molecule has 5 heteroatoms. The molecule has 0 bridgehead atoms. The minimum Gasteiger partial charge on any atom is -0.480 e. The van der Waals surface area contributed by atoms with Gasteiger partial charge in [0.15, 0.2) is 0 Å². The van der Waals surface area contributed by atoms with E-state index >= 15 is 0 Å². The minimum absolute atomic E-state index is 0.269. The SMILES string of the molecule is CNC(c1ccc(OC)nn1)c1ccccc1F. The fourth-order valence-electron chi connectivity index (χ4n) is 1.77. The monoisotopic (exact) mass is 247 g/mol. The van der Waals surface area contributed by atoms with Crippen LogP contribution < -0.4 is 10.1 Å². The second-order valence-electron chi connectivity index (χ2n) is 3.74. The van der Waals surface area contributed by atoms with Gasteiger partial charge in [-0.3, -0.25) is 0 Å². The van der Waals surface area contributed by atoms with Gasteiger partial charge >= 0.3 is 0 Å². The lowest BCUT2D eigenvalue weighted by atomic mass is 10.0. The van der Waals surface area contributed by atoms with E-state index in [9.17, 15) is 4.39 Å². The third-order valence-electron chi connectivity index (χ3n) is 2.67. The lowest BCUT2D eigenvalue weighted by molar-refractivity contribution is 0.390. The van der Waals surface area contributed by atoms with Crippen LogP contribution in [0.5, 0.6) is 5.88 Å². The minimum atomic E-state index is -0.329. The van der Waals surface area contributed by atoms with Crippen molar-refractivity contribution < 1.29 is 9.13 Å². The predicted octanol–water partition coefficient (Wildman–Crippen LogP) is 1.93. The molecule has 18 heavy (non-hydrogen) atoms. The molecule has 0 radical (unpaired) electrons. The summed E-state index contributed by atoms with van der Waals surface area (Å²) in [7, 11) is 3.28. The Balaban J connectivity index is 2.36. The number of nitrogens with zero attached hydrogens (tertiary/aromatic N) is 2. The largest absolute Gasteiger partial charge is 0.480 e. The van der Waals surface area contributed by atoms with Gasteiger partial charge in [0.1, 0.15) is 5.82 Å². The number of aromatic nitrogens is 2. The number of hydrogen-bond acceptors (Lipinski definition) is 4. The van der Waals surface area contributed by atoms with E-state index in [1.807, 2.05) is 0 Å². The van der Waals surface area contributed by atoms with Gasteiger partial charge < -0.3 is 10.1 Å². The molecule has 1 aromatic heterocycles. The highest BCUT2D eigenvalue weighted by Crippen LogP contribution is 2.22. The molecule has 0 fully saturated rings. The van der Waals surface area contributed by atoms with Gasteiger partial charge in [0.25, 0.3) is 0 Å². The Morgan fingerprint density at radius 1 is 1.17 bits per heavy atom. The van der Waals surface area contributed by atoms with Gasteiger partial charge in [-0.15, -0.1) is 10.2 Å². The molecule has 0 aliphatic heterocycles. The summed E-state index contributed by atoms with van der Waals surface area (Å²) in [4.78, 5) is 0. The first-order valence-electron chi connectivity index (χ1n) is 5.55. The summed E-state index contributed by atoms with van der Waals surface area (Å²) in [6.45, 7) is 0. The first-order chi connectivity index (χ1) is 8.76. The summed E-state index contributed by atoms with van der Waals surface area (Å²) in [6.07, 6.45) is 0. The van der Waals surface area contributed by atoms with Crippen molar-refractivity contribution in [3.8, 4) is 5.88 Å². The maximum absolute atomic E-state index is 13.7. The van der Waals surface area contributed by atoms with Crippen molar-refractivity contribution in [2.75, 3.05) is 14.2 Å². The first-order valence-corrected chi connectivity index (χ1v) is 5.55. The summed E-state index contributed by atoms with van der Waals surface area (Å²) in [5, 5.41) is 11.0. The van der Waals surface area contributed by atoms with Crippen molar-refractivity contribution >= 4 is 0 Å². The molecule has 94 valence electrons. The number of nitrogens with one attached hydrogen (secondary N) is 1. The molecule has 0 spiro atoms. The van der Waals surface area contributed by atoms with Crippen molar-refractivity contribution in [1.82, 2.24) is 15.5 Å². The van der Waals surface area contributed by atoms with Crippen LogP contribution >= 0.6 is 0 Å². The number of benzene rings is 1. The van der Waals surface area contributed by atoms with E-state index in [-0.39, 0.29) is 11.9 Å². The fraction of sp³-hybridized carbons (Fsp3) is 0.231. The van der Waals surface area contributed by atoms with Crippen LogP contribution in [0.4, 0.5) is 4.39 Å². The molecule has 1 atom stereocenters. The molecule has 1 N–H and O–H groups in total. The molecule has 1 unspecified atom stereocenters. The molecule has 0 amide bonds. The Kier molecular flexibility index (Phi) is 3.84. The summed E-state index contributed by atoms with van der Waals surface area (Å²) in [5.41, 5.74) is 1.18. The highest BCUT2D eigenvalue weighted by molar-refractivity contribution is 5.29. The molecule has 0 saturated heterocycles. The highest BCUT2D eigenvalue weighted by Gasteiger charge is 2.17. The van der Waals surface area contributed by atoms with Gasteiger partial charge in [0, 0.05) is 11.6 Å². The van der Waals surface area contributed by atoms with Crippen molar-refractivity contribution in [1.29, 1.82) is 0 Å². The number of halogens is 1.